The third-order valence-corrected chi connectivity index (χ3v) is 15.3. The second kappa shape index (κ2) is 37.8. The molecular weight excluding hydrogens is 917 g/mol. The van der Waals surface area contributed by atoms with E-state index in [1.807, 2.05) is 0 Å². The van der Waals surface area contributed by atoms with Crippen molar-refractivity contribution in [2.75, 3.05) is 33.0 Å². The second-order valence-corrected chi connectivity index (χ2v) is 23.7. The molecule has 10 nitrogen and oxygen atoms in total. The van der Waals surface area contributed by atoms with Crippen LogP contribution in [0.25, 0.3) is 0 Å². The van der Waals surface area contributed by atoms with E-state index in [1.165, 1.54) is 109 Å². The van der Waals surface area contributed by atoms with Crippen LogP contribution in [0.15, 0.2) is 60.7 Å². The molecule has 1 fully saturated rings. The molecule has 0 saturated carbocycles. The van der Waals surface area contributed by atoms with Gasteiger partial charge in [-0.15, -0.1) is 0 Å². The van der Waals surface area contributed by atoms with Crippen molar-refractivity contribution in [1.82, 2.24) is 0 Å². The summed E-state index contributed by atoms with van der Waals surface area (Å²) in [6, 6.07) is 16.8. The minimum atomic E-state index is -1.53. The highest BCUT2D eigenvalue weighted by atomic mass is 16.7. The predicted molar refractivity (Wildman–Crippen MR) is 297 cm³/mol. The number of benzene rings is 2. The summed E-state index contributed by atoms with van der Waals surface area (Å²) in [4.78, 5) is 27.0. The second-order valence-electron chi connectivity index (χ2n) is 23.7. The number of hydrogen-bond acceptors (Lipinski definition) is 10. The Bertz CT molecular complexity index is 1670. The fourth-order valence-corrected chi connectivity index (χ4v) is 10.1. The zero-order chi connectivity index (χ0) is 53.4. The van der Waals surface area contributed by atoms with Gasteiger partial charge < -0.3 is 38.6 Å². The van der Waals surface area contributed by atoms with E-state index in [2.05, 4.69) is 69.2 Å². The molecule has 0 radical (unpaired) electrons. The normalized spacial score (nSPS) is 21.1. The van der Waals surface area contributed by atoms with Gasteiger partial charge in [-0.3, -0.25) is 0 Å². The first kappa shape index (κ1) is 64.4. The minimum absolute atomic E-state index is 0.00402. The van der Waals surface area contributed by atoms with Gasteiger partial charge >= 0.3 is 11.9 Å². The monoisotopic (exact) mass is 1020 g/mol. The van der Waals surface area contributed by atoms with Crippen molar-refractivity contribution in [3.8, 4) is 0 Å². The van der Waals surface area contributed by atoms with Crippen LogP contribution in [0.3, 0.4) is 0 Å². The van der Waals surface area contributed by atoms with Gasteiger partial charge in [0, 0.05) is 13.2 Å². The van der Waals surface area contributed by atoms with Gasteiger partial charge in [0.05, 0.1) is 30.9 Å². The van der Waals surface area contributed by atoms with Crippen LogP contribution >= 0.6 is 0 Å². The third-order valence-electron chi connectivity index (χ3n) is 15.3. The number of aliphatic hydroxyl groups excluding tert-OH is 2. The summed E-state index contributed by atoms with van der Waals surface area (Å²) in [7, 11) is 0. The van der Waals surface area contributed by atoms with Crippen LogP contribution in [0.5, 0.6) is 0 Å². The highest BCUT2D eigenvalue weighted by Crippen LogP contribution is 2.30. The molecule has 2 aromatic carbocycles. The topological polar surface area (TPSA) is 130 Å². The van der Waals surface area contributed by atoms with Gasteiger partial charge in [0.15, 0.2) is 18.5 Å². The molecule has 1 aliphatic heterocycles. The summed E-state index contributed by atoms with van der Waals surface area (Å²) >= 11 is 0. The summed E-state index contributed by atoms with van der Waals surface area (Å²) in [6.45, 7) is 24.3. The lowest BCUT2D eigenvalue weighted by atomic mass is 9.91. The van der Waals surface area contributed by atoms with Gasteiger partial charge in [-0.25, -0.2) is 9.59 Å². The molecule has 3 rings (SSSR count). The molecule has 0 bridgehead atoms. The van der Waals surface area contributed by atoms with E-state index in [4.69, 9.17) is 28.4 Å². The Hall–Kier alpha value is -2.86. The molecule has 2 aromatic rings. The van der Waals surface area contributed by atoms with E-state index in [1.54, 1.807) is 60.7 Å². The molecule has 0 unspecified atom stereocenters. The lowest BCUT2D eigenvalue weighted by Gasteiger charge is -2.43. The Morgan fingerprint density at radius 2 is 0.863 bits per heavy atom. The molecule has 1 saturated heterocycles. The zero-order valence-electron chi connectivity index (χ0n) is 47.7. The highest BCUT2D eigenvalue weighted by Gasteiger charge is 2.50. The Kier molecular flexibility index (Phi) is 33.4. The summed E-state index contributed by atoms with van der Waals surface area (Å²) in [5.41, 5.74) is 0.516. The summed E-state index contributed by atoms with van der Waals surface area (Å²) in [6.07, 6.45) is 17.8. The Morgan fingerprint density at radius 3 is 1.26 bits per heavy atom. The van der Waals surface area contributed by atoms with Gasteiger partial charge in [-0.2, -0.15) is 0 Å². The highest BCUT2D eigenvalue weighted by molar-refractivity contribution is 5.90. The molecule has 418 valence electrons. The fourth-order valence-electron chi connectivity index (χ4n) is 10.1. The van der Waals surface area contributed by atoms with Crippen molar-refractivity contribution < 1.29 is 48.2 Å². The number of carbonyl (C=O) groups is 2. The number of hydrogen-bond donors (Lipinski definition) is 2. The molecule has 0 aliphatic carbocycles. The first-order valence-corrected chi connectivity index (χ1v) is 29.3. The van der Waals surface area contributed by atoms with Crippen LogP contribution in [0, 0.1) is 47.3 Å². The summed E-state index contributed by atoms with van der Waals surface area (Å²) < 4.78 is 37.3. The van der Waals surface area contributed by atoms with Crippen LogP contribution in [0.1, 0.15) is 218 Å². The Morgan fingerprint density at radius 1 is 0.493 bits per heavy atom. The third kappa shape index (κ3) is 28.2. The summed E-state index contributed by atoms with van der Waals surface area (Å²) in [5.74, 6) is 4.30. The van der Waals surface area contributed by atoms with Crippen LogP contribution in [-0.4, -0.2) is 92.0 Å². The molecule has 12 atom stereocenters. The molecule has 0 amide bonds. The molecule has 0 spiro atoms. The number of aliphatic hydroxyl groups is 2. The van der Waals surface area contributed by atoms with Gasteiger partial charge in [-0.1, -0.05) is 221 Å². The first-order valence-electron chi connectivity index (χ1n) is 29.3. The molecule has 1 heterocycles. The van der Waals surface area contributed by atoms with Crippen LogP contribution in [-0.2, 0) is 28.4 Å². The van der Waals surface area contributed by atoms with E-state index < -0.39 is 55.4 Å². The van der Waals surface area contributed by atoms with Crippen molar-refractivity contribution >= 4 is 11.9 Å². The van der Waals surface area contributed by atoms with Crippen LogP contribution < -0.4 is 0 Å². The quantitative estimate of drug-likeness (QED) is 0.0490. The molecule has 10 heteroatoms. The van der Waals surface area contributed by atoms with E-state index >= 15 is 0 Å². The molecule has 1 aliphatic rings. The van der Waals surface area contributed by atoms with E-state index in [-0.39, 0.29) is 24.3 Å². The number of esters is 2. The van der Waals surface area contributed by atoms with Crippen LogP contribution in [0.4, 0.5) is 0 Å². The zero-order valence-corrected chi connectivity index (χ0v) is 47.7. The largest absolute Gasteiger partial charge is 0.452 e. The van der Waals surface area contributed by atoms with Gasteiger partial charge in [0.1, 0.15) is 18.3 Å². The maximum Gasteiger partial charge on any atom is 0.338 e. The van der Waals surface area contributed by atoms with Crippen LogP contribution in [0.2, 0.25) is 0 Å². The number of carbonyl (C=O) groups excluding carboxylic acids is 2. The SMILES string of the molecule is CC(C)CCC[C@@H](C)CCC[C@H](C)CCC[C@H](C)CCOC[C@@H](CO[C@H]1O[C@H](CO)[C@@H](O)[C@H](OC(=O)c2ccccc2)[C@H]1OC(=O)c1ccccc1)OCC[C@@H](C)CCC[C@@H](C)CCC[C@H](C)CCCC(C)C. The fraction of sp³-hybridized carbons (Fsp3) is 0.778. The average molecular weight is 1020 g/mol. The number of rotatable bonds is 41. The lowest BCUT2D eigenvalue weighted by molar-refractivity contribution is -0.304. The van der Waals surface area contributed by atoms with Crippen molar-refractivity contribution in [2.24, 2.45) is 47.3 Å². The summed E-state index contributed by atoms with van der Waals surface area (Å²) in [5, 5.41) is 21.8. The van der Waals surface area contributed by atoms with Gasteiger partial charge in [-0.05, 0) is 84.5 Å². The van der Waals surface area contributed by atoms with Crippen molar-refractivity contribution in [3.63, 3.8) is 0 Å². The lowest BCUT2D eigenvalue weighted by Crippen LogP contribution is -2.62. The van der Waals surface area contributed by atoms with E-state index in [0.29, 0.717) is 25.0 Å². The van der Waals surface area contributed by atoms with Gasteiger partial charge in [0.2, 0.25) is 0 Å². The Labute approximate surface area is 445 Å². The van der Waals surface area contributed by atoms with Crippen molar-refractivity contribution in [1.29, 1.82) is 0 Å². The van der Waals surface area contributed by atoms with Gasteiger partial charge in [0.25, 0.3) is 0 Å². The average Bonchev–Trinajstić information content (AvgIpc) is 3.36. The van der Waals surface area contributed by atoms with E-state index in [0.717, 1.165) is 54.8 Å². The predicted octanol–water partition coefficient (Wildman–Crippen LogP) is 14.9. The van der Waals surface area contributed by atoms with Crippen molar-refractivity contribution in [2.45, 2.75) is 234 Å². The first-order chi connectivity index (χ1) is 35.1. The standard InChI is InChI=1S/C63H106O10/c1-46(2)23-17-25-48(5)27-19-29-50(7)31-21-33-52(9)39-41-68-44-56(69-42-40-53(10)34-22-32-51(8)30-20-28-49(6)26-18-24-47(3)4)45-70-63-60(73-62(67)55-37-15-12-16-38-55)59(58(65)57(43-64)71-63)72-61(66)54-35-13-11-14-36-54/h11-16,35-38,46-53,56-60,63-65H,17-34,39-45H2,1-10H3/t48-,49-,50+,51+,52+,53+,56+,57-,58-,59+,60-,63+/m1/s1. The molecule has 73 heavy (non-hydrogen) atoms. The number of ether oxygens (including phenoxy) is 6. The van der Waals surface area contributed by atoms with Crippen molar-refractivity contribution in [3.05, 3.63) is 71.8 Å². The van der Waals surface area contributed by atoms with E-state index in [9.17, 15) is 19.8 Å². The minimum Gasteiger partial charge on any atom is -0.452 e. The maximum atomic E-state index is 13.6. The Balaban J connectivity index is 1.60. The maximum absolute atomic E-state index is 13.6. The molecule has 0 aromatic heterocycles. The molecular formula is C63H106O10. The molecule has 2 N–H and O–H groups in total. The smallest absolute Gasteiger partial charge is 0.338 e.